The summed E-state index contributed by atoms with van der Waals surface area (Å²) in [5.41, 5.74) is -0.236. The Kier molecular flexibility index (Phi) is 5.13. The normalized spacial score (nSPS) is 12.3. The maximum Gasteiger partial charge on any atom is 0.332 e. The van der Waals surface area contributed by atoms with Crippen LogP contribution < -0.4 is 16.4 Å². The molecule has 2 heterocycles. The van der Waals surface area contributed by atoms with E-state index >= 15 is 0 Å². The van der Waals surface area contributed by atoms with Crippen molar-refractivity contribution in [2.75, 3.05) is 0 Å². The number of benzene rings is 1. The summed E-state index contributed by atoms with van der Waals surface area (Å²) in [5.74, 6) is -0.931. The Labute approximate surface area is 158 Å². The third kappa shape index (κ3) is 3.37. The first-order valence-electron chi connectivity index (χ1n) is 8.25. The molecule has 0 fully saturated rings. The molecule has 0 aliphatic heterocycles. The molecule has 140 valence electrons. The van der Waals surface area contributed by atoms with Crippen LogP contribution in [0.1, 0.15) is 13.3 Å². The average molecular weight is 385 g/mol. The van der Waals surface area contributed by atoms with E-state index in [9.17, 15) is 19.5 Å². The van der Waals surface area contributed by atoms with E-state index in [-0.39, 0.29) is 16.1 Å². The lowest BCUT2D eigenvalue weighted by Crippen LogP contribution is -2.38. The third-order valence-corrected chi connectivity index (χ3v) is 5.52. The number of hydrogen-bond acceptors (Lipinski definition) is 7. The Morgan fingerprint density at radius 2 is 1.81 bits per heavy atom. The zero-order valence-corrected chi connectivity index (χ0v) is 15.8. The minimum atomic E-state index is -1.24. The van der Waals surface area contributed by atoms with Gasteiger partial charge in [-0.15, -0.1) is 0 Å². The van der Waals surface area contributed by atoms with Gasteiger partial charge in [0.2, 0.25) is 0 Å². The number of rotatable bonds is 5. The summed E-state index contributed by atoms with van der Waals surface area (Å²) in [5, 5.41) is 10.8. The number of aliphatic carboxylic acids is 1. The summed E-state index contributed by atoms with van der Waals surface area (Å²) >= 11 is 0.931. The molecule has 0 radical (unpaired) electrons. The van der Waals surface area contributed by atoms with Crippen molar-refractivity contribution in [1.29, 1.82) is 0 Å². The standard InChI is InChI=1S/C18H18N4O4S/c1-4-11(17(24)25)27-15-12-14(21(2)18(26)22(3)16(12)23)19-13(20-15)10-8-6-5-7-9-10/h5-9,11H,4H2,1-3H3,(H,24,25)/p-1/t11-/m0/s1. The van der Waals surface area contributed by atoms with Crippen molar-refractivity contribution in [3.05, 3.63) is 51.2 Å². The van der Waals surface area contributed by atoms with Crippen LogP contribution in [0.3, 0.4) is 0 Å². The van der Waals surface area contributed by atoms with Crippen molar-refractivity contribution in [3.8, 4) is 11.4 Å². The van der Waals surface area contributed by atoms with Crippen LogP contribution in [0, 0.1) is 0 Å². The number of carbonyl (C=O) groups excluding carboxylic acids is 1. The van der Waals surface area contributed by atoms with Gasteiger partial charge in [0.15, 0.2) is 11.5 Å². The Morgan fingerprint density at radius 3 is 2.41 bits per heavy atom. The largest absolute Gasteiger partial charge is 0.549 e. The molecule has 3 aromatic rings. The summed E-state index contributed by atoms with van der Waals surface area (Å²) in [6.45, 7) is 1.71. The summed E-state index contributed by atoms with van der Waals surface area (Å²) in [6.07, 6.45) is 0.297. The molecule has 0 bridgehead atoms. The van der Waals surface area contributed by atoms with Gasteiger partial charge in [0, 0.05) is 19.7 Å². The second-order valence-electron chi connectivity index (χ2n) is 5.96. The fourth-order valence-corrected chi connectivity index (χ4v) is 3.63. The Bertz CT molecular complexity index is 1140. The third-order valence-electron chi connectivity index (χ3n) is 4.19. The van der Waals surface area contributed by atoms with E-state index in [2.05, 4.69) is 9.97 Å². The lowest BCUT2D eigenvalue weighted by atomic mass is 10.2. The summed E-state index contributed by atoms with van der Waals surface area (Å²) in [7, 11) is 2.87. The molecule has 3 rings (SSSR count). The van der Waals surface area contributed by atoms with Crippen molar-refractivity contribution in [1.82, 2.24) is 19.1 Å². The van der Waals surface area contributed by atoms with Gasteiger partial charge in [-0.3, -0.25) is 13.9 Å². The van der Waals surface area contributed by atoms with Crippen LogP contribution in [-0.4, -0.2) is 30.3 Å². The Morgan fingerprint density at radius 1 is 1.15 bits per heavy atom. The number of aryl methyl sites for hydroxylation is 1. The number of carboxylic acids is 1. The van der Waals surface area contributed by atoms with Gasteiger partial charge in [-0.2, -0.15) is 0 Å². The molecule has 0 aliphatic carbocycles. The summed E-state index contributed by atoms with van der Waals surface area (Å²) in [4.78, 5) is 45.2. The molecule has 0 spiro atoms. The van der Waals surface area contributed by atoms with E-state index in [1.807, 2.05) is 18.2 Å². The van der Waals surface area contributed by atoms with Crippen molar-refractivity contribution < 1.29 is 9.90 Å². The van der Waals surface area contributed by atoms with Gasteiger partial charge in [-0.25, -0.2) is 14.8 Å². The van der Waals surface area contributed by atoms with Gasteiger partial charge in [-0.05, 0) is 6.42 Å². The first kappa shape index (κ1) is 18.8. The second-order valence-corrected chi connectivity index (χ2v) is 7.15. The zero-order valence-electron chi connectivity index (χ0n) is 15.0. The van der Waals surface area contributed by atoms with Crippen molar-refractivity contribution >= 4 is 28.8 Å². The maximum absolute atomic E-state index is 12.7. The van der Waals surface area contributed by atoms with Gasteiger partial charge in [0.25, 0.3) is 5.56 Å². The SMILES string of the molecule is CC[C@H](Sc1nc(-c2ccccc2)nc2c1c(=O)n(C)c(=O)n2C)C(=O)[O-]. The molecule has 9 heteroatoms. The smallest absolute Gasteiger partial charge is 0.332 e. The van der Waals surface area contributed by atoms with E-state index in [1.54, 1.807) is 19.1 Å². The average Bonchev–Trinajstić information content (AvgIpc) is 2.68. The quantitative estimate of drug-likeness (QED) is 0.459. The van der Waals surface area contributed by atoms with Crippen molar-refractivity contribution in [3.63, 3.8) is 0 Å². The van der Waals surface area contributed by atoms with Gasteiger partial charge in [0.1, 0.15) is 10.4 Å². The fraction of sp³-hybridized carbons (Fsp3) is 0.278. The molecule has 0 aliphatic rings. The van der Waals surface area contributed by atoms with Gasteiger partial charge < -0.3 is 9.90 Å². The highest BCUT2D eigenvalue weighted by atomic mass is 32.2. The zero-order chi connectivity index (χ0) is 19.7. The number of fused-ring (bicyclic) bond motifs is 1. The molecular formula is C18H17N4O4S-. The van der Waals surface area contributed by atoms with E-state index in [1.165, 1.54) is 18.7 Å². The lowest BCUT2D eigenvalue weighted by Gasteiger charge is -2.17. The van der Waals surface area contributed by atoms with Crippen LogP contribution in [-0.2, 0) is 18.9 Å². The van der Waals surface area contributed by atoms with Crippen LogP contribution in [0.2, 0.25) is 0 Å². The topological polar surface area (TPSA) is 110 Å². The van der Waals surface area contributed by atoms with Gasteiger partial charge >= 0.3 is 5.69 Å². The molecule has 0 saturated heterocycles. The van der Waals surface area contributed by atoms with Gasteiger partial charge in [0.05, 0.1) is 11.2 Å². The number of carboxylic acid groups (broad SMARTS) is 1. The van der Waals surface area contributed by atoms with Crippen LogP contribution in [0.25, 0.3) is 22.4 Å². The van der Waals surface area contributed by atoms with E-state index in [0.29, 0.717) is 17.8 Å². The van der Waals surface area contributed by atoms with Crippen molar-refractivity contribution in [2.45, 2.75) is 23.6 Å². The number of thioether (sulfide) groups is 1. The number of aromatic nitrogens is 4. The highest BCUT2D eigenvalue weighted by molar-refractivity contribution is 8.00. The molecule has 8 nitrogen and oxygen atoms in total. The fourth-order valence-electron chi connectivity index (χ4n) is 2.66. The monoisotopic (exact) mass is 385 g/mol. The highest BCUT2D eigenvalue weighted by Crippen LogP contribution is 2.29. The van der Waals surface area contributed by atoms with E-state index in [0.717, 1.165) is 16.3 Å². The van der Waals surface area contributed by atoms with E-state index < -0.39 is 22.5 Å². The lowest BCUT2D eigenvalue weighted by molar-refractivity contribution is -0.304. The summed E-state index contributed by atoms with van der Waals surface area (Å²) < 4.78 is 2.22. The molecule has 2 aromatic heterocycles. The number of nitrogens with zero attached hydrogens (tertiary/aromatic N) is 4. The van der Waals surface area contributed by atoms with Crippen molar-refractivity contribution in [2.24, 2.45) is 14.1 Å². The highest BCUT2D eigenvalue weighted by Gasteiger charge is 2.21. The van der Waals surface area contributed by atoms with Crippen LogP contribution in [0.15, 0.2) is 44.9 Å². The Balaban J connectivity index is 2.38. The minimum absolute atomic E-state index is 0.115. The predicted octanol–water partition coefficient (Wildman–Crippen LogP) is 0.315. The number of hydrogen-bond donors (Lipinski definition) is 0. The summed E-state index contributed by atoms with van der Waals surface area (Å²) in [6, 6.07) is 9.06. The molecule has 1 atom stereocenters. The maximum atomic E-state index is 12.7. The molecular weight excluding hydrogens is 368 g/mol. The molecule has 27 heavy (non-hydrogen) atoms. The number of carbonyl (C=O) groups is 1. The second kappa shape index (κ2) is 7.36. The Hall–Kier alpha value is -2.94. The molecule has 1 aromatic carbocycles. The minimum Gasteiger partial charge on any atom is -0.549 e. The van der Waals surface area contributed by atoms with Crippen LogP contribution >= 0.6 is 11.8 Å². The molecule has 0 N–H and O–H groups in total. The molecule has 0 unspecified atom stereocenters. The predicted molar refractivity (Wildman–Crippen MR) is 100 cm³/mol. The molecule has 0 amide bonds. The van der Waals surface area contributed by atoms with Crippen LogP contribution in [0.5, 0.6) is 0 Å². The first-order chi connectivity index (χ1) is 12.8. The molecule has 0 saturated carbocycles. The van der Waals surface area contributed by atoms with Crippen LogP contribution in [0.4, 0.5) is 0 Å². The van der Waals surface area contributed by atoms with Gasteiger partial charge in [-0.1, -0.05) is 49.0 Å². The van der Waals surface area contributed by atoms with E-state index in [4.69, 9.17) is 0 Å². The first-order valence-corrected chi connectivity index (χ1v) is 9.13.